The first kappa shape index (κ1) is 34.4. The molecule has 0 spiro atoms. The molecule has 248 valence electrons. The molecule has 0 aliphatic carbocycles. The minimum atomic E-state index is -0.618. The van der Waals surface area contributed by atoms with Crippen LogP contribution in [0.1, 0.15) is 32.3 Å². The molecule has 1 heterocycles. The Bertz CT molecular complexity index is 2140. The average molecular weight is 715 g/mol. The SMILES string of the molecule is Cc1ccc(/C=C(\NC(=O)c2ccccc2)C(=O)Nc2cccc(SC(C(=O)Nc3nc(-c4ccc(Cl)cc4)cs3)c3ccccc3)c2)cc1. The Morgan fingerprint density at radius 3 is 2.22 bits per heavy atom. The highest BCUT2D eigenvalue weighted by molar-refractivity contribution is 8.00. The Hall–Kier alpha value is -5.48. The van der Waals surface area contributed by atoms with Gasteiger partial charge in [0.15, 0.2) is 5.13 Å². The summed E-state index contributed by atoms with van der Waals surface area (Å²) in [5.41, 5.74) is 5.31. The summed E-state index contributed by atoms with van der Waals surface area (Å²) in [6.45, 7) is 1.98. The Morgan fingerprint density at radius 1 is 0.800 bits per heavy atom. The van der Waals surface area contributed by atoms with Gasteiger partial charge in [-0.25, -0.2) is 4.98 Å². The van der Waals surface area contributed by atoms with Gasteiger partial charge < -0.3 is 16.0 Å². The molecule has 50 heavy (non-hydrogen) atoms. The first-order valence-electron chi connectivity index (χ1n) is 15.6. The van der Waals surface area contributed by atoms with Crippen molar-refractivity contribution in [3.8, 4) is 11.3 Å². The topological polar surface area (TPSA) is 100 Å². The number of aryl methyl sites for hydroxylation is 1. The highest BCUT2D eigenvalue weighted by Gasteiger charge is 2.24. The van der Waals surface area contributed by atoms with Gasteiger partial charge in [0.05, 0.1) is 5.69 Å². The molecule has 0 saturated carbocycles. The minimum Gasteiger partial charge on any atom is -0.321 e. The smallest absolute Gasteiger partial charge is 0.272 e. The number of hydrogen-bond acceptors (Lipinski definition) is 6. The molecule has 1 aromatic heterocycles. The van der Waals surface area contributed by atoms with Crippen LogP contribution in [0.15, 0.2) is 149 Å². The maximum atomic E-state index is 13.8. The van der Waals surface area contributed by atoms with E-state index in [0.717, 1.165) is 32.8 Å². The lowest BCUT2D eigenvalue weighted by molar-refractivity contribution is -0.116. The van der Waals surface area contributed by atoms with E-state index in [-0.39, 0.29) is 11.6 Å². The van der Waals surface area contributed by atoms with Gasteiger partial charge in [0.1, 0.15) is 10.9 Å². The van der Waals surface area contributed by atoms with E-state index in [9.17, 15) is 14.4 Å². The number of halogens is 1. The molecule has 6 aromatic rings. The standard InChI is InChI=1S/C40H31ClN4O3S2/c1-26-15-17-27(18-16-26)23-34(43-37(46)30-11-6-3-7-12-30)38(47)42-32-13-8-14-33(24-32)50-36(29-9-4-2-5-10-29)39(48)45-40-44-35(25-49-40)28-19-21-31(41)22-20-28/h2-25,36H,1H3,(H,42,47)(H,43,46)(H,44,45,48)/b34-23-. The molecule has 3 amide bonds. The van der Waals surface area contributed by atoms with Crippen LogP contribution in [-0.2, 0) is 9.59 Å². The van der Waals surface area contributed by atoms with Crippen molar-refractivity contribution in [2.75, 3.05) is 10.6 Å². The largest absolute Gasteiger partial charge is 0.321 e. The van der Waals surface area contributed by atoms with Crippen molar-refractivity contribution in [3.63, 3.8) is 0 Å². The number of amides is 3. The zero-order valence-electron chi connectivity index (χ0n) is 26.8. The number of carbonyl (C=O) groups excluding carboxylic acids is 3. The van der Waals surface area contributed by atoms with Crippen molar-refractivity contribution in [1.82, 2.24) is 10.3 Å². The van der Waals surface area contributed by atoms with E-state index in [2.05, 4.69) is 20.9 Å². The fourth-order valence-electron chi connectivity index (χ4n) is 4.91. The normalized spacial score (nSPS) is 11.8. The van der Waals surface area contributed by atoms with Crippen LogP contribution in [0.2, 0.25) is 5.02 Å². The Balaban J connectivity index is 1.20. The molecular weight excluding hydrogens is 684 g/mol. The molecule has 0 bridgehead atoms. The number of aromatic nitrogens is 1. The van der Waals surface area contributed by atoms with Gasteiger partial charge in [-0.1, -0.05) is 108 Å². The van der Waals surface area contributed by atoms with Crippen LogP contribution in [0.4, 0.5) is 10.8 Å². The van der Waals surface area contributed by atoms with Crippen LogP contribution in [0.3, 0.4) is 0 Å². The van der Waals surface area contributed by atoms with E-state index in [1.54, 1.807) is 54.6 Å². The summed E-state index contributed by atoms with van der Waals surface area (Å²) in [7, 11) is 0. The summed E-state index contributed by atoms with van der Waals surface area (Å²) in [6.07, 6.45) is 1.64. The highest BCUT2D eigenvalue weighted by Crippen LogP contribution is 2.38. The molecule has 1 unspecified atom stereocenters. The zero-order chi connectivity index (χ0) is 34.9. The summed E-state index contributed by atoms with van der Waals surface area (Å²) in [6, 6.07) is 40.5. The minimum absolute atomic E-state index is 0.0868. The van der Waals surface area contributed by atoms with Crippen LogP contribution >= 0.6 is 34.7 Å². The van der Waals surface area contributed by atoms with Gasteiger partial charge in [0, 0.05) is 32.1 Å². The van der Waals surface area contributed by atoms with Crippen LogP contribution < -0.4 is 16.0 Å². The van der Waals surface area contributed by atoms with Crippen molar-refractivity contribution < 1.29 is 14.4 Å². The predicted octanol–water partition coefficient (Wildman–Crippen LogP) is 9.65. The molecular formula is C40H31ClN4O3S2. The van der Waals surface area contributed by atoms with E-state index in [4.69, 9.17) is 11.6 Å². The van der Waals surface area contributed by atoms with Crippen molar-refractivity contribution >= 4 is 69.3 Å². The van der Waals surface area contributed by atoms with Gasteiger partial charge in [0.25, 0.3) is 11.8 Å². The van der Waals surface area contributed by atoms with Crippen LogP contribution in [0.5, 0.6) is 0 Å². The van der Waals surface area contributed by atoms with Crippen molar-refractivity contribution in [3.05, 3.63) is 172 Å². The quantitative estimate of drug-likeness (QED) is 0.0917. The van der Waals surface area contributed by atoms with Gasteiger partial charge >= 0.3 is 0 Å². The first-order chi connectivity index (χ1) is 24.3. The second kappa shape index (κ2) is 16.3. The molecule has 0 aliphatic rings. The summed E-state index contributed by atoms with van der Waals surface area (Å²) in [4.78, 5) is 45.9. The molecule has 0 radical (unpaired) electrons. The van der Waals surface area contributed by atoms with Crippen molar-refractivity contribution in [2.24, 2.45) is 0 Å². The fourth-order valence-corrected chi connectivity index (χ4v) is 6.84. The fraction of sp³-hybridized carbons (Fsp3) is 0.0500. The summed E-state index contributed by atoms with van der Waals surface area (Å²) < 4.78 is 0. The van der Waals surface area contributed by atoms with Crippen molar-refractivity contribution in [1.29, 1.82) is 0 Å². The molecule has 0 saturated heterocycles. The average Bonchev–Trinajstić information content (AvgIpc) is 3.60. The maximum absolute atomic E-state index is 13.8. The third kappa shape index (κ3) is 9.15. The van der Waals surface area contributed by atoms with E-state index in [0.29, 0.717) is 21.4 Å². The molecule has 1 atom stereocenters. The highest BCUT2D eigenvalue weighted by atomic mass is 35.5. The van der Waals surface area contributed by atoms with E-state index >= 15 is 0 Å². The zero-order valence-corrected chi connectivity index (χ0v) is 29.2. The van der Waals surface area contributed by atoms with E-state index in [1.165, 1.54) is 23.1 Å². The number of hydrogen-bond donors (Lipinski definition) is 3. The number of rotatable bonds is 11. The summed E-state index contributed by atoms with van der Waals surface area (Å²) >= 11 is 8.73. The van der Waals surface area contributed by atoms with E-state index in [1.807, 2.05) is 97.2 Å². The Kier molecular flexibility index (Phi) is 11.2. The van der Waals surface area contributed by atoms with Crippen LogP contribution in [-0.4, -0.2) is 22.7 Å². The maximum Gasteiger partial charge on any atom is 0.272 e. The lowest BCUT2D eigenvalue weighted by Gasteiger charge is -2.17. The molecule has 5 aromatic carbocycles. The second-order valence-corrected chi connectivity index (χ2v) is 13.7. The molecule has 3 N–H and O–H groups in total. The lowest BCUT2D eigenvalue weighted by atomic mass is 10.1. The number of nitrogens with one attached hydrogen (secondary N) is 3. The number of nitrogens with zero attached hydrogens (tertiary/aromatic N) is 1. The number of carbonyl (C=O) groups is 3. The number of anilines is 2. The number of benzene rings is 5. The summed E-state index contributed by atoms with van der Waals surface area (Å²) in [5, 5.41) is 11.1. The monoisotopic (exact) mass is 714 g/mol. The van der Waals surface area contributed by atoms with Gasteiger partial charge in [-0.3, -0.25) is 14.4 Å². The van der Waals surface area contributed by atoms with E-state index < -0.39 is 17.1 Å². The molecule has 0 aliphatic heterocycles. The molecule has 6 rings (SSSR count). The summed E-state index contributed by atoms with van der Waals surface area (Å²) in [5.74, 6) is -1.13. The lowest BCUT2D eigenvalue weighted by Crippen LogP contribution is -2.30. The van der Waals surface area contributed by atoms with Crippen molar-refractivity contribution in [2.45, 2.75) is 17.1 Å². The molecule has 0 fully saturated rings. The third-order valence-electron chi connectivity index (χ3n) is 7.48. The van der Waals surface area contributed by atoms with Crippen LogP contribution in [0, 0.1) is 6.92 Å². The second-order valence-electron chi connectivity index (χ2n) is 11.2. The Labute approximate surface area is 303 Å². The van der Waals surface area contributed by atoms with Crippen LogP contribution in [0.25, 0.3) is 17.3 Å². The third-order valence-corrected chi connectivity index (χ3v) is 9.74. The predicted molar refractivity (Wildman–Crippen MR) is 204 cm³/mol. The van der Waals surface area contributed by atoms with Gasteiger partial charge in [-0.15, -0.1) is 23.1 Å². The van der Waals surface area contributed by atoms with Gasteiger partial charge in [-0.2, -0.15) is 0 Å². The van der Waals surface area contributed by atoms with Gasteiger partial charge in [0.2, 0.25) is 5.91 Å². The number of thiazole rings is 1. The molecule has 7 nitrogen and oxygen atoms in total. The molecule has 10 heteroatoms. The van der Waals surface area contributed by atoms with Gasteiger partial charge in [-0.05, 0) is 66.6 Å². The Morgan fingerprint density at radius 2 is 1.50 bits per heavy atom. The number of thioether (sulfide) groups is 1. The first-order valence-corrected chi connectivity index (χ1v) is 17.7.